The Kier molecular flexibility index (Phi) is 11.5. The topological polar surface area (TPSA) is 60.2 Å². The Bertz CT molecular complexity index is 1300. The molecule has 7 heteroatoms. The number of nitro groups is 1. The summed E-state index contributed by atoms with van der Waals surface area (Å²) < 4.78 is 1.11. The van der Waals surface area contributed by atoms with Crippen LogP contribution in [-0.4, -0.2) is 10.7 Å². The third kappa shape index (κ3) is 9.09. The number of Topliss-reactive ketones (excluding diaryl/α,β-unsaturated/α-hetero) is 1. The highest BCUT2D eigenvalue weighted by molar-refractivity contribution is 9.10. The van der Waals surface area contributed by atoms with Crippen molar-refractivity contribution in [2.75, 3.05) is 0 Å². The molecule has 0 spiro atoms. The first-order chi connectivity index (χ1) is 17.4. The van der Waals surface area contributed by atoms with Crippen LogP contribution in [0.1, 0.15) is 81.2 Å². The number of ketones is 1. The highest BCUT2D eigenvalue weighted by Gasteiger charge is 2.15. The monoisotopic (exact) mass is 599 g/mol. The summed E-state index contributed by atoms with van der Waals surface area (Å²) in [6.07, 6.45) is 2.55. The molecule has 0 radical (unpaired) electrons. The highest BCUT2D eigenvalue weighted by Crippen LogP contribution is 2.40. The summed E-state index contributed by atoms with van der Waals surface area (Å²) >= 11 is 6.37. The summed E-state index contributed by atoms with van der Waals surface area (Å²) in [6, 6.07) is 20.4. The maximum absolute atomic E-state index is 11.0. The van der Waals surface area contributed by atoms with Gasteiger partial charge in [0.2, 0.25) is 0 Å². The predicted octanol–water partition coefficient (Wildman–Crippen LogP) is 10.5. The number of hydrogen-bond acceptors (Lipinski definition) is 5. The van der Waals surface area contributed by atoms with Crippen molar-refractivity contribution in [3.8, 4) is 0 Å². The molecule has 196 valence electrons. The molecule has 4 nitrogen and oxygen atoms in total. The Morgan fingerprint density at radius 3 is 2.19 bits per heavy atom. The third-order valence-corrected chi connectivity index (χ3v) is 8.52. The molecule has 0 aliphatic rings. The van der Waals surface area contributed by atoms with Crippen molar-refractivity contribution >= 4 is 60.3 Å². The summed E-state index contributed by atoms with van der Waals surface area (Å²) in [4.78, 5) is 23.9. The van der Waals surface area contributed by atoms with Crippen molar-refractivity contribution < 1.29 is 9.72 Å². The predicted molar refractivity (Wildman–Crippen MR) is 164 cm³/mol. The molecule has 2 aromatic carbocycles. The zero-order valence-corrected chi connectivity index (χ0v) is 25.6. The van der Waals surface area contributed by atoms with E-state index in [4.69, 9.17) is 0 Å². The number of halogens is 1. The molecule has 1 heterocycles. The molecule has 0 fully saturated rings. The largest absolute Gasteiger partial charge is 0.324 e. The van der Waals surface area contributed by atoms with Gasteiger partial charge in [0.1, 0.15) is 0 Å². The molecule has 0 N–H and O–H groups in total. The molecule has 0 unspecified atom stereocenters. The zero-order chi connectivity index (χ0) is 27.8. The lowest BCUT2D eigenvalue weighted by Gasteiger charge is -2.20. The molecule has 3 aromatic rings. The van der Waals surface area contributed by atoms with Gasteiger partial charge in [-0.3, -0.25) is 14.9 Å². The average Bonchev–Trinajstić information content (AvgIpc) is 3.37. The van der Waals surface area contributed by atoms with Crippen LogP contribution >= 0.6 is 39.0 Å². The fourth-order valence-electron chi connectivity index (χ4n) is 3.30. The Morgan fingerprint density at radius 1 is 1.05 bits per heavy atom. The first kappa shape index (κ1) is 30.7. The van der Waals surface area contributed by atoms with Gasteiger partial charge in [0, 0.05) is 21.9 Å². The van der Waals surface area contributed by atoms with Gasteiger partial charge in [-0.25, -0.2) is 0 Å². The fraction of sp³-hybridized carbons (Fsp3) is 0.300. The second-order valence-corrected chi connectivity index (χ2v) is 12.7. The van der Waals surface area contributed by atoms with Gasteiger partial charge in [0.05, 0.1) is 9.80 Å². The van der Waals surface area contributed by atoms with Gasteiger partial charge in [-0.1, -0.05) is 109 Å². The Balaban J connectivity index is 0.000000335. The van der Waals surface area contributed by atoms with Gasteiger partial charge in [0.25, 0.3) is 0 Å². The minimum absolute atomic E-state index is 0.0202. The SMILES string of the molecule is C/C=C(/C)S/C(=C(\C)c1ccc(C(C)(C)C)cc1)c1cccc(Br)c1.CCC(=O)c1ccc([N+](=O)[O-])s1. The van der Waals surface area contributed by atoms with Crippen LogP contribution in [-0.2, 0) is 5.41 Å². The quantitative estimate of drug-likeness (QED) is 0.117. The van der Waals surface area contributed by atoms with E-state index in [0.717, 1.165) is 15.8 Å². The van der Waals surface area contributed by atoms with Crippen LogP contribution in [0, 0.1) is 10.1 Å². The van der Waals surface area contributed by atoms with Gasteiger partial charge in [-0.15, -0.1) is 0 Å². The van der Waals surface area contributed by atoms with E-state index in [1.165, 1.54) is 44.2 Å². The van der Waals surface area contributed by atoms with Crippen molar-refractivity contribution in [2.24, 2.45) is 0 Å². The number of rotatable bonds is 7. The standard InChI is InChI=1S/C23H27BrS.C7H7NO3S/c1-7-16(2)25-22(19-9-8-10-21(24)15-19)17(3)18-11-13-20(14-12-18)23(4,5)6;1-2-5(9)6-3-4-7(12-6)8(10)11/h7-15H,1-6H3;3-4H,2H2,1H3/b16-7-,22-17+;. The normalized spacial score (nSPS) is 12.4. The van der Waals surface area contributed by atoms with E-state index in [1.807, 2.05) is 11.8 Å². The lowest BCUT2D eigenvalue weighted by molar-refractivity contribution is -0.380. The lowest BCUT2D eigenvalue weighted by atomic mass is 9.86. The molecule has 0 saturated heterocycles. The molecular formula is C30H34BrNO3S2. The zero-order valence-electron chi connectivity index (χ0n) is 22.4. The minimum Gasteiger partial charge on any atom is -0.293 e. The smallest absolute Gasteiger partial charge is 0.293 e. The number of hydrogen-bond donors (Lipinski definition) is 0. The van der Waals surface area contributed by atoms with Crippen LogP contribution < -0.4 is 0 Å². The molecule has 1 aromatic heterocycles. The van der Waals surface area contributed by atoms with Crippen molar-refractivity contribution in [3.63, 3.8) is 0 Å². The van der Waals surface area contributed by atoms with E-state index >= 15 is 0 Å². The molecule has 3 rings (SSSR count). The van der Waals surface area contributed by atoms with Gasteiger partial charge >= 0.3 is 5.00 Å². The van der Waals surface area contributed by atoms with Crippen molar-refractivity contribution in [1.29, 1.82) is 0 Å². The number of benzene rings is 2. The van der Waals surface area contributed by atoms with Crippen molar-refractivity contribution in [1.82, 2.24) is 0 Å². The van der Waals surface area contributed by atoms with Gasteiger partial charge < -0.3 is 0 Å². The third-order valence-electron chi connectivity index (χ3n) is 5.65. The van der Waals surface area contributed by atoms with E-state index in [9.17, 15) is 14.9 Å². The van der Waals surface area contributed by atoms with Crippen LogP contribution in [0.2, 0.25) is 0 Å². The summed E-state index contributed by atoms with van der Waals surface area (Å²) in [6.45, 7) is 15.0. The summed E-state index contributed by atoms with van der Waals surface area (Å²) in [7, 11) is 0. The van der Waals surface area contributed by atoms with Crippen molar-refractivity contribution in [3.05, 3.63) is 108 Å². The summed E-state index contributed by atoms with van der Waals surface area (Å²) in [5, 5.41) is 10.3. The van der Waals surface area contributed by atoms with E-state index in [1.54, 1.807) is 6.92 Å². The van der Waals surface area contributed by atoms with Crippen LogP contribution in [0.5, 0.6) is 0 Å². The fourth-order valence-corrected chi connectivity index (χ4v) is 5.49. The number of allylic oxidation sites excluding steroid dienone is 3. The molecule has 0 amide bonds. The maximum atomic E-state index is 11.0. The molecule has 0 bridgehead atoms. The van der Waals surface area contributed by atoms with Gasteiger partial charge in [0.15, 0.2) is 5.78 Å². The van der Waals surface area contributed by atoms with E-state index in [-0.39, 0.29) is 16.2 Å². The van der Waals surface area contributed by atoms with Crippen molar-refractivity contribution in [2.45, 2.75) is 60.3 Å². The Labute approximate surface area is 237 Å². The molecule has 37 heavy (non-hydrogen) atoms. The van der Waals surface area contributed by atoms with Gasteiger partial charge in [-0.2, -0.15) is 0 Å². The van der Waals surface area contributed by atoms with Gasteiger partial charge in [-0.05, 0) is 71.6 Å². The molecule has 0 aliphatic heterocycles. The average molecular weight is 601 g/mol. The van der Waals surface area contributed by atoms with E-state index in [2.05, 4.69) is 112 Å². The second-order valence-electron chi connectivity index (χ2n) is 9.46. The number of carbonyl (C=O) groups is 1. The van der Waals surface area contributed by atoms with Crippen LogP contribution in [0.15, 0.2) is 76.1 Å². The molecule has 0 aliphatic carbocycles. The number of thiophene rings is 1. The Hall–Kier alpha value is -2.48. The first-order valence-electron chi connectivity index (χ1n) is 12.0. The molecule has 0 saturated carbocycles. The number of carbonyl (C=O) groups excluding carboxylic acids is 1. The summed E-state index contributed by atoms with van der Waals surface area (Å²) in [5.41, 5.74) is 5.38. The summed E-state index contributed by atoms with van der Waals surface area (Å²) in [5.74, 6) is -0.0481. The highest BCUT2D eigenvalue weighted by atomic mass is 79.9. The Morgan fingerprint density at radius 2 is 1.70 bits per heavy atom. The lowest BCUT2D eigenvalue weighted by Crippen LogP contribution is -2.10. The van der Waals surface area contributed by atoms with E-state index < -0.39 is 4.92 Å². The number of nitrogens with zero attached hydrogens (tertiary/aromatic N) is 1. The minimum atomic E-state index is -0.489. The maximum Gasteiger partial charge on any atom is 0.324 e. The van der Waals surface area contributed by atoms with Crippen LogP contribution in [0.25, 0.3) is 10.5 Å². The van der Waals surface area contributed by atoms with Crippen LogP contribution in [0.4, 0.5) is 5.00 Å². The van der Waals surface area contributed by atoms with E-state index in [0.29, 0.717) is 11.3 Å². The molecule has 0 atom stereocenters. The number of thioether (sulfide) groups is 1. The second kappa shape index (κ2) is 13.9. The first-order valence-corrected chi connectivity index (χ1v) is 14.5. The molecular weight excluding hydrogens is 566 g/mol. The van der Waals surface area contributed by atoms with Crippen LogP contribution in [0.3, 0.4) is 0 Å².